The van der Waals surface area contributed by atoms with Crippen LogP contribution in [0.4, 0.5) is 0 Å². The first-order valence-electron chi connectivity index (χ1n) is 4.23. The second-order valence-electron chi connectivity index (χ2n) is 2.22. The Hall–Kier alpha value is -0.440. The van der Waals surface area contributed by atoms with E-state index in [0.29, 0.717) is 26.0 Å². The van der Waals surface area contributed by atoms with Crippen LogP contribution in [0.3, 0.4) is 0 Å². The summed E-state index contributed by atoms with van der Waals surface area (Å²) < 4.78 is 9.59. The minimum absolute atomic E-state index is 0.309. The zero-order chi connectivity index (χ0) is 10.1. The zero-order valence-corrected chi connectivity index (χ0v) is 8.88. The number of ether oxygens (including phenoxy) is 2. The smallest absolute Gasteiger partial charge is 0.373 e. The van der Waals surface area contributed by atoms with Gasteiger partial charge >= 0.3 is 5.97 Å². The van der Waals surface area contributed by atoms with Crippen molar-refractivity contribution in [1.82, 2.24) is 0 Å². The number of hydrogen-bond acceptors (Lipinski definition) is 4. The van der Waals surface area contributed by atoms with E-state index in [1.807, 2.05) is 6.92 Å². The molecule has 4 nitrogen and oxygen atoms in total. The maximum Gasteiger partial charge on any atom is 0.373 e. The summed E-state index contributed by atoms with van der Waals surface area (Å²) in [4.78, 5) is 21.9. The van der Waals surface area contributed by atoms with Crippen LogP contribution in [0.1, 0.15) is 13.8 Å². The Labute approximate surface area is 79.3 Å². The minimum Gasteiger partial charge on any atom is -0.630 e. The maximum absolute atomic E-state index is 11.1. The molecule has 1 unspecified atom stereocenters. The monoisotopic (exact) mass is 206 g/mol. The Morgan fingerprint density at radius 3 is 2.69 bits per heavy atom. The molecule has 0 aromatic heterocycles. The molecule has 13 heavy (non-hydrogen) atoms. The average Bonchev–Trinajstić information content (AvgIpc) is 2.05. The van der Waals surface area contributed by atoms with Crippen LogP contribution in [0.25, 0.3) is 0 Å². The van der Waals surface area contributed by atoms with Gasteiger partial charge in [-0.1, -0.05) is 0 Å². The Balaban J connectivity index is 3.67. The molecule has 0 aromatic carbocycles. The van der Waals surface area contributed by atoms with Crippen molar-refractivity contribution >= 4 is 19.5 Å². The third-order valence-electron chi connectivity index (χ3n) is 1.20. The summed E-state index contributed by atoms with van der Waals surface area (Å²) in [5, 5.41) is 0. The molecule has 0 bridgehead atoms. The molecule has 0 aliphatic heterocycles. The first-order chi connectivity index (χ1) is 6.20. The standard InChI is InChI=1S/C8H15O4P/c1-3-11-5-6-13(10)7-8(9)12-4-2/h7H,3-6H2,1-2H3. The molecule has 0 rings (SSSR count). The Morgan fingerprint density at radius 1 is 1.46 bits per heavy atom. The van der Waals surface area contributed by atoms with Crippen molar-refractivity contribution in [2.45, 2.75) is 13.8 Å². The SMILES string of the molecule is CCOCC[P+]([O-])=CC(=O)OCC. The van der Waals surface area contributed by atoms with Crippen LogP contribution in [0.15, 0.2) is 0 Å². The largest absolute Gasteiger partial charge is 0.630 e. The van der Waals surface area contributed by atoms with Crippen LogP contribution in [0, 0.1) is 0 Å². The number of esters is 1. The van der Waals surface area contributed by atoms with E-state index in [1.165, 1.54) is 0 Å². The molecule has 0 spiro atoms. The van der Waals surface area contributed by atoms with Crippen LogP contribution in [0.5, 0.6) is 0 Å². The van der Waals surface area contributed by atoms with Gasteiger partial charge in [0.2, 0.25) is 0 Å². The highest BCUT2D eigenvalue weighted by atomic mass is 31.1. The van der Waals surface area contributed by atoms with Crippen molar-refractivity contribution in [2.75, 3.05) is 26.0 Å². The van der Waals surface area contributed by atoms with Crippen molar-refractivity contribution < 1.29 is 19.2 Å². The third-order valence-corrected chi connectivity index (χ3v) is 2.32. The number of hydrogen-bond donors (Lipinski definition) is 0. The number of carbonyl (C=O) groups excluding carboxylic acids is 1. The van der Waals surface area contributed by atoms with E-state index >= 15 is 0 Å². The van der Waals surface area contributed by atoms with Gasteiger partial charge in [-0.25, -0.2) is 4.79 Å². The molecule has 76 valence electrons. The molecular formula is C8H15O4P. The fraction of sp³-hybridized carbons (Fsp3) is 0.750. The van der Waals surface area contributed by atoms with Gasteiger partial charge in [0.05, 0.1) is 21.0 Å². The van der Waals surface area contributed by atoms with E-state index in [9.17, 15) is 9.69 Å². The molecule has 0 radical (unpaired) electrons. The summed E-state index contributed by atoms with van der Waals surface area (Å²) in [6.45, 7) is 4.90. The van der Waals surface area contributed by atoms with Gasteiger partial charge in [0.15, 0.2) is 5.80 Å². The lowest BCUT2D eigenvalue weighted by atomic mass is 10.8. The molecule has 0 fully saturated rings. The van der Waals surface area contributed by atoms with Gasteiger partial charge in [0.25, 0.3) is 0 Å². The highest BCUT2D eigenvalue weighted by molar-refractivity contribution is 7.52. The molecule has 5 heteroatoms. The average molecular weight is 206 g/mol. The van der Waals surface area contributed by atoms with Gasteiger partial charge < -0.3 is 14.4 Å². The minimum atomic E-state index is -1.62. The Bertz CT molecular complexity index is 179. The van der Waals surface area contributed by atoms with E-state index in [2.05, 4.69) is 4.74 Å². The summed E-state index contributed by atoms with van der Waals surface area (Å²) in [5.74, 6) is 0.595. The summed E-state index contributed by atoms with van der Waals surface area (Å²) in [6.07, 6.45) is 0.377. The van der Waals surface area contributed by atoms with Crippen LogP contribution >= 0.6 is 7.77 Å². The van der Waals surface area contributed by atoms with Gasteiger partial charge in [0.1, 0.15) is 6.16 Å². The van der Waals surface area contributed by atoms with Gasteiger partial charge in [-0.2, -0.15) is 0 Å². The first-order valence-corrected chi connectivity index (χ1v) is 5.75. The first kappa shape index (κ1) is 12.6. The maximum atomic E-state index is 11.1. The molecule has 0 saturated heterocycles. The van der Waals surface area contributed by atoms with Crippen LogP contribution in [-0.4, -0.2) is 37.7 Å². The van der Waals surface area contributed by atoms with Crippen molar-refractivity contribution in [2.24, 2.45) is 0 Å². The molecule has 0 heterocycles. The summed E-state index contributed by atoms with van der Waals surface area (Å²) in [7, 11) is -1.62. The number of carbonyl (C=O) groups is 1. The molecule has 0 N–H and O–H groups in total. The predicted octanol–water partition coefficient (Wildman–Crippen LogP) is 0.145. The molecule has 0 saturated carbocycles. The highest BCUT2D eigenvalue weighted by Gasteiger charge is 2.03. The lowest BCUT2D eigenvalue weighted by Crippen LogP contribution is -2.09. The summed E-state index contributed by atoms with van der Waals surface area (Å²) in [5.41, 5.74) is 0. The van der Waals surface area contributed by atoms with Gasteiger partial charge in [0, 0.05) is 6.61 Å². The summed E-state index contributed by atoms with van der Waals surface area (Å²) in [6, 6.07) is 0. The molecule has 0 amide bonds. The lowest BCUT2D eigenvalue weighted by Gasteiger charge is -1.99. The molecule has 0 aliphatic rings. The highest BCUT2D eigenvalue weighted by Crippen LogP contribution is 2.07. The second kappa shape index (κ2) is 8.17. The zero-order valence-electron chi connectivity index (χ0n) is 7.99. The van der Waals surface area contributed by atoms with E-state index < -0.39 is 13.7 Å². The fourth-order valence-electron chi connectivity index (χ4n) is 0.661. The predicted molar refractivity (Wildman–Crippen MR) is 51.0 cm³/mol. The summed E-state index contributed by atoms with van der Waals surface area (Å²) >= 11 is 0. The quantitative estimate of drug-likeness (QED) is 0.352. The van der Waals surface area contributed by atoms with Crippen molar-refractivity contribution in [3.8, 4) is 0 Å². The second-order valence-corrected chi connectivity index (χ2v) is 3.76. The lowest BCUT2D eigenvalue weighted by molar-refractivity contribution is -0.153. The van der Waals surface area contributed by atoms with Crippen LogP contribution in [-0.2, 0) is 14.3 Å². The van der Waals surface area contributed by atoms with Crippen molar-refractivity contribution in [1.29, 1.82) is 0 Å². The normalized spacial score (nSPS) is 11.5. The van der Waals surface area contributed by atoms with Gasteiger partial charge in [-0.15, -0.1) is 0 Å². The molecule has 0 aliphatic carbocycles. The Morgan fingerprint density at radius 2 is 2.15 bits per heavy atom. The van der Waals surface area contributed by atoms with Crippen LogP contribution in [0.2, 0.25) is 0 Å². The van der Waals surface area contributed by atoms with Gasteiger partial charge in [-0.05, 0) is 13.8 Å². The van der Waals surface area contributed by atoms with E-state index in [0.717, 1.165) is 5.80 Å². The molecular weight excluding hydrogens is 191 g/mol. The van der Waals surface area contributed by atoms with Gasteiger partial charge in [-0.3, -0.25) is 0 Å². The van der Waals surface area contributed by atoms with Crippen LogP contribution < -0.4 is 4.89 Å². The van der Waals surface area contributed by atoms with E-state index in [-0.39, 0.29) is 0 Å². The third kappa shape index (κ3) is 7.91. The van der Waals surface area contributed by atoms with E-state index in [1.54, 1.807) is 6.92 Å². The van der Waals surface area contributed by atoms with Crippen molar-refractivity contribution in [3.05, 3.63) is 0 Å². The Kier molecular flexibility index (Phi) is 7.90. The molecule has 0 aromatic rings. The van der Waals surface area contributed by atoms with E-state index in [4.69, 9.17) is 4.74 Å². The van der Waals surface area contributed by atoms with Crippen molar-refractivity contribution in [3.63, 3.8) is 0 Å². The topological polar surface area (TPSA) is 58.6 Å². The molecule has 1 atom stereocenters. The fourth-order valence-corrected chi connectivity index (χ4v) is 1.41. The number of rotatable bonds is 6.